The fourth-order valence-corrected chi connectivity index (χ4v) is 0.870. The summed E-state index contributed by atoms with van der Waals surface area (Å²) >= 11 is 0. The second-order valence-corrected chi connectivity index (χ2v) is 2.28. The summed E-state index contributed by atoms with van der Waals surface area (Å²) in [5.74, 6) is -1.38. The van der Waals surface area contributed by atoms with Crippen LogP contribution in [0, 0.1) is 11.6 Å². The maximum atomic E-state index is 12.9. The minimum Gasteiger partial charge on any atom is -0.398 e. The number of nitrogens with zero attached hydrogens (tertiary/aromatic N) is 1. The average molecular weight is 170 g/mol. The van der Waals surface area contributed by atoms with Crippen LogP contribution in [0.3, 0.4) is 0 Å². The van der Waals surface area contributed by atoms with Crippen molar-refractivity contribution < 1.29 is 8.78 Å². The Morgan fingerprint density at radius 3 is 2.58 bits per heavy atom. The molecule has 0 aliphatic carbocycles. The number of hydrogen-bond acceptors (Lipinski definition) is 2. The molecule has 0 heterocycles. The van der Waals surface area contributed by atoms with Crippen LogP contribution in [0.15, 0.2) is 17.1 Å². The molecule has 0 saturated heterocycles. The smallest absolute Gasteiger partial charge is 0.136 e. The van der Waals surface area contributed by atoms with Crippen LogP contribution in [0.25, 0.3) is 0 Å². The molecule has 2 nitrogen and oxygen atoms in total. The minimum absolute atomic E-state index is 0.0538. The van der Waals surface area contributed by atoms with Gasteiger partial charge in [0.05, 0.1) is 5.56 Å². The summed E-state index contributed by atoms with van der Waals surface area (Å²) in [6.45, 7) is 0. The molecule has 64 valence electrons. The lowest BCUT2D eigenvalue weighted by molar-refractivity contribution is 0.583. The van der Waals surface area contributed by atoms with Gasteiger partial charge in [0.25, 0.3) is 0 Å². The Hall–Kier alpha value is -1.45. The van der Waals surface area contributed by atoms with E-state index in [0.717, 1.165) is 12.1 Å². The van der Waals surface area contributed by atoms with Crippen molar-refractivity contribution in [1.82, 2.24) is 0 Å². The largest absolute Gasteiger partial charge is 0.398 e. The quantitative estimate of drug-likeness (QED) is 0.504. The number of aliphatic imine (C=N–C) groups is 1. The first kappa shape index (κ1) is 8.64. The summed E-state index contributed by atoms with van der Waals surface area (Å²) < 4.78 is 25.4. The summed E-state index contributed by atoms with van der Waals surface area (Å²) in [6, 6.07) is 1.83. The predicted molar refractivity (Wildman–Crippen MR) is 44.3 cm³/mol. The van der Waals surface area contributed by atoms with E-state index in [1.807, 2.05) is 0 Å². The van der Waals surface area contributed by atoms with Crippen LogP contribution in [0.4, 0.5) is 14.5 Å². The Bertz CT molecular complexity index is 298. The van der Waals surface area contributed by atoms with Crippen LogP contribution in [0.2, 0.25) is 0 Å². The number of hydrogen-bond donors (Lipinski definition) is 1. The van der Waals surface area contributed by atoms with Crippen molar-refractivity contribution in [3.05, 3.63) is 29.3 Å². The molecule has 0 aromatic heterocycles. The molecule has 1 aromatic carbocycles. The molecule has 1 rings (SSSR count). The lowest BCUT2D eigenvalue weighted by atomic mass is 10.2. The highest BCUT2D eigenvalue weighted by atomic mass is 19.1. The van der Waals surface area contributed by atoms with Gasteiger partial charge in [-0.15, -0.1) is 0 Å². The van der Waals surface area contributed by atoms with Crippen LogP contribution in [0.1, 0.15) is 5.56 Å². The van der Waals surface area contributed by atoms with E-state index in [1.165, 1.54) is 13.3 Å². The number of halogens is 2. The third-order valence-electron chi connectivity index (χ3n) is 1.38. The van der Waals surface area contributed by atoms with Crippen molar-refractivity contribution in [1.29, 1.82) is 0 Å². The van der Waals surface area contributed by atoms with Crippen LogP contribution < -0.4 is 5.73 Å². The van der Waals surface area contributed by atoms with E-state index in [4.69, 9.17) is 5.73 Å². The molecular formula is C8H8F2N2. The van der Waals surface area contributed by atoms with Gasteiger partial charge < -0.3 is 5.73 Å². The van der Waals surface area contributed by atoms with Gasteiger partial charge in [0.1, 0.15) is 11.6 Å². The first-order valence-corrected chi connectivity index (χ1v) is 3.32. The normalized spacial score (nSPS) is 10.9. The summed E-state index contributed by atoms with van der Waals surface area (Å²) in [7, 11) is 1.49. The van der Waals surface area contributed by atoms with Crippen molar-refractivity contribution in [2.45, 2.75) is 0 Å². The molecule has 0 spiro atoms. The van der Waals surface area contributed by atoms with Crippen LogP contribution in [0.5, 0.6) is 0 Å². The monoisotopic (exact) mass is 170 g/mol. The van der Waals surface area contributed by atoms with E-state index in [-0.39, 0.29) is 11.3 Å². The SMILES string of the molecule is CN=Cc1c(N)cc(F)cc1F. The number of rotatable bonds is 1. The molecule has 0 saturated carbocycles. The zero-order chi connectivity index (χ0) is 9.14. The van der Waals surface area contributed by atoms with Gasteiger partial charge in [0, 0.05) is 25.0 Å². The maximum absolute atomic E-state index is 12.9. The highest BCUT2D eigenvalue weighted by Crippen LogP contribution is 2.15. The molecule has 0 fully saturated rings. The van der Waals surface area contributed by atoms with Crippen molar-refractivity contribution in [3.63, 3.8) is 0 Å². The molecule has 0 amide bonds. The summed E-state index contributed by atoms with van der Waals surface area (Å²) in [5, 5.41) is 0. The number of nitrogens with two attached hydrogens (primary N) is 1. The molecule has 0 atom stereocenters. The predicted octanol–water partition coefficient (Wildman–Crippen LogP) is 1.60. The van der Waals surface area contributed by atoms with Crippen molar-refractivity contribution >= 4 is 11.9 Å². The van der Waals surface area contributed by atoms with Gasteiger partial charge >= 0.3 is 0 Å². The Morgan fingerprint density at radius 1 is 1.42 bits per heavy atom. The third-order valence-corrected chi connectivity index (χ3v) is 1.38. The van der Waals surface area contributed by atoms with E-state index in [1.54, 1.807) is 0 Å². The molecule has 0 aliphatic rings. The van der Waals surface area contributed by atoms with Gasteiger partial charge in [-0.05, 0) is 6.07 Å². The fourth-order valence-electron chi connectivity index (χ4n) is 0.870. The summed E-state index contributed by atoms with van der Waals surface area (Å²) in [4.78, 5) is 3.59. The Balaban J connectivity index is 3.28. The lowest BCUT2D eigenvalue weighted by Crippen LogP contribution is -1.98. The average Bonchev–Trinajstić information content (AvgIpc) is 1.96. The molecule has 0 aliphatic heterocycles. The van der Waals surface area contributed by atoms with E-state index < -0.39 is 11.6 Å². The van der Waals surface area contributed by atoms with Crippen molar-refractivity contribution in [2.75, 3.05) is 12.8 Å². The fraction of sp³-hybridized carbons (Fsp3) is 0.125. The molecule has 2 N–H and O–H groups in total. The first-order valence-electron chi connectivity index (χ1n) is 3.32. The van der Waals surface area contributed by atoms with Gasteiger partial charge in [-0.1, -0.05) is 0 Å². The zero-order valence-corrected chi connectivity index (χ0v) is 6.51. The first-order chi connectivity index (χ1) is 5.65. The molecule has 1 aromatic rings. The number of benzene rings is 1. The van der Waals surface area contributed by atoms with Gasteiger partial charge in [-0.2, -0.15) is 0 Å². The Labute approximate surface area is 68.7 Å². The van der Waals surface area contributed by atoms with Crippen LogP contribution in [-0.2, 0) is 0 Å². The Morgan fingerprint density at radius 2 is 2.08 bits per heavy atom. The molecular weight excluding hydrogens is 162 g/mol. The van der Waals surface area contributed by atoms with Crippen LogP contribution in [-0.4, -0.2) is 13.3 Å². The van der Waals surface area contributed by atoms with E-state index >= 15 is 0 Å². The number of nitrogen functional groups attached to an aromatic ring is 1. The minimum atomic E-state index is -0.696. The van der Waals surface area contributed by atoms with E-state index in [9.17, 15) is 8.78 Å². The van der Waals surface area contributed by atoms with E-state index in [0.29, 0.717) is 0 Å². The summed E-state index contributed by atoms with van der Waals surface area (Å²) in [6.07, 6.45) is 1.25. The molecule has 0 bridgehead atoms. The summed E-state index contributed by atoms with van der Waals surface area (Å²) in [5.41, 5.74) is 5.51. The molecule has 4 heteroatoms. The van der Waals surface area contributed by atoms with Gasteiger partial charge in [-0.3, -0.25) is 4.99 Å². The Kier molecular flexibility index (Phi) is 2.38. The van der Waals surface area contributed by atoms with Gasteiger partial charge in [0.15, 0.2) is 0 Å². The topological polar surface area (TPSA) is 38.4 Å². The second kappa shape index (κ2) is 3.30. The molecule has 12 heavy (non-hydrogen) atoms. The van der Waals surface area contributed by atoms with Crippen molar-refractivity contribution in [2.24, 2.45) is 4.99 Å². The van der Waals surface area contributed by atoms with Crippen LogP contribution >= 0.6 is 0 Å². The van der Waals surface area contributed by atoms with E-state index in [2.05, 4.69) is 4.99 Å². The maximum Gasteiger partial charge on any atom is 0.136 e. The van der Waals surface area contributed by atoms with Gasteiger partial charge in [0.2, 0.25) is 0 Å². The van der Waals surface area contributed by atoms with Crippen molar-refractivity contribution in [3.8, 4) is 0 Å². The highest BCUT2D eigenvalue weighted by Gasteiger charge is 2.05. The zero-order valence-electron chi connectivity index (χ0n) is 6.51. The molecule has 0 unspecified atom stereocenters. The highest BCUT2D eigenvalue weighted by molar-refractivity contribution is 5.87. The lowest BCUT2D eigenvalue weighted by Gasteiger charge is -2.00. The molecule has 0 radical (unpaired) electrons. The standard InChI is InChI=1S/C8H8F2N2/c1-12-4-6-7(10)2-5(9)3-8(6)11/h2-4H,11H2,1H3. The third kappa shape index (κ3) is 1.58. The van der Waals surface area contributed by atoms with Gasteiger partial charge in [-0.25, -0.2) is 8.78 Å². The number of anilines is 1. The second-order valence-electron chi connectivity index (χ2n) is 2.28.